The summed E-state index contributed by atoms with van der Waals surface area (Å²) >= 11 is 0. The van der Waals surface area contributed by atoms with E-state index < -0.39 is 17.4 Å². The van der Waals surface area contributed by atoms with E-state index in [1.165, 1.54) is 7.11 Å². The highest BCUT2D eigenvalue weighted by Crippen LogP contribution is 2.53. The first kappa shape index (κ1) is 13.5. The van der Waals surface area contributed by atoms with Crippen LogP contribution in [0.2, 0.25) is 0 Å². The number of aryl methyl sites for hydroxylation is 1. The fraction of sp³-hybridized carbons (Fsp3) is 0.412. The summed E-state index contributed by atoms with van der Waals surface area (Å²) in [6.45, 7) is 2.42. The third-order valence-corrected chi connectivity index (χ3v) is 4.98. The summed E-state index contributed by atoms with van der Waals surface area (Å²) in [4.78, 5) is 26.8. The number of fused-ring (bicyclic) bond motifs is 1. The molecule has 5 nitrogen and oxygen atoms in total. The fourth-order valence-corrected chi connectivity index (χ4v) is 3.97. The predicted molar refractivity (Wildman–Crippen MR) is 79.3 cm³/mol. The first-order chi connectivity index (χ1) is 10.6. The third kappa shape index (κ3) is 1.57. The Balaban J connectivity index is 1.75. The fourth-order valence-electron chi connectivity index (χ4n) is 3.97. The highest BCUT2D eigenvalue weighted by atomic mass is 16.5. The number of carbonyl (C=O) groups is 2. The molecule has 3 aliphatic heterocycles. The van der Waals surface area contributed by atoms with Gasteiger partial charge in [0.05, 0.1) is 25.7 Å². The summed E-state index contributed by atoms with van der Waals surface area (Å²) in [5.74, 6) is -1.47. The average molecular weight is 299 g/mol. The molecule has 2 fully saturated rings. The number of hydrogen-bond acceptors (Lipinski definition) is 4. The van der Waals surface area contributed by atoms with Crippen LogP contribution in [0.4, 0.5) is 5.69 Å². The first-order valence-electron chi connectivity index (χ1n) is 7.39. The number of carbonyl (C=O) groups excluding carboxylic acids is 2. The van der Waals surface area contributed by atoms with Crippen molar-refractivity contribution in [3.63, 3.8) is 0 Å². The van der Waals surface area contributed by atoms with E-state index in [0.717, 1.165) is 11.3 Å². The predicted octanol–water partition coefficient (Wildman–Crippen LogP) is 1.45. The molecular weight excluding hydrogens is 282 g/mol. The molecule has 0 aliphatic carbocycles. The number of para-hydroxylation sites is 1. The van der Waals surface area contributed by atoms with Crippen molar-refractivity contribution in [1.29, 1.82) is 0 Å². The lowest BCUT2D eigenvalue weighted by Gasteiger charge is -2.22. The lowest BCUT2D eigenvalue weighted by molar-refractivity contribution is -0.149. The van der Waals surface area contributed by atoms with Gasteiger partial charge in [-0.05, 0) is 18.6 Å². The molecule has 3 aliphatic rings. The van der Waals surface area contributed by atoms with Gasteiger partial charge in [0.1, 0.15) is 11.5 Å². The molecule has 1 spiro atoms. The van der Waals surface area contributed by atoms with Crippen molar-refractivity contribution in [2.75, 3.05) is 18.6 Å². The number of benzene rings is 1. The molecule has 1 amide bonds. The molecule has 0 N–H and O–H groups in total. The Labute approximate surface area is 128 Å². The molecule has 2 saturated heterocycles. The van der Waals surface area contributed by atoms with E-state index in [4.69, 9.17) is 9.47 Å². The highest BCUT2D eigenvalue weighted by molar-refractivity contribution is 6.03. The van der Waals surface area contributed by atoms with Crippen molar-refractivity contribution < 1.29 is 19.1 Å². The maximum atomic E-state index is 13.0. The molecule has 1 aromatic rings. The maximum Gasteiger partial charge on any atom is 0.312 e. The Kier molecular flexibility index (Phi) is 2.72. The number of anilines is 1. The van der Waals surface area contributed by atoms with E-state index in [-0.39, 0.29) is 18.0 Å². The standard InChI is InChI=1S/C17H17NO4/c1-10-5-3-4-6-11(10)18-9-17-8-7-12(22-17)13(16(20)21-2)14(17)15(18)19/h3-8,12-14H,9H2,1-2H3/t12-,13-,14-,17-/m1/s1. The number of esters is 1. The minimum atomic E-state index is -0.692. The van der Waals surface area contributed by atoms with Crippen molar-refractivity contribution in [2.45, 2.75) is 18.6 Å². The number of amides is 1. The van der Waals surface area contributed by atoms with E-state index in [9.17, 15) is 9.59 Å². The quantitative estimate of drug-likeness (QED) is 0.613. The van der Waals surface area contributed by atoms with Crippen LogP contribution in [0.25, 0.3) is 0 Å². The molecule has 0 radical (unpaired) electrons. The third-order valence-electron chi connectivity index (χ3n) is 4.98. The van der Waals surface area contributed by atoms with E-state index in [0.29, 0.717) is 6.54 Å². The van der Waals surface area contributed by atoms with Crippen molar-refractivity contribution in [3.05, 3.63) is 42.0 Å². The van der Waals surface area contributed by atoms with Crippen LogP contribution in [-0.2, 0) is 19.1 Å². The first-order valence-corrected chi connectivity index (χ1v) is 7.39. The second-order valence-corrected chi connectivity index (χ2v) is 6.13. The summed E-state index contributed by atoms with van der Waals surface area (Å²) in [6.07, 6.45) is 3.48. The number of rotatable bonds is 2. The number of hydrogen-bond donors (Lipinski definition) is 0. The Morgan fingerprint density at radius 3 is 2.91 bits per heavy atom. The molecule has 114 valence electrons. The van der Waals surface area contributed by atoms with Crippen LogP contribution in [-0.4, -0.2) is 37.2 Å². The van der Waals surface area contributed by atoms with E-state index >= 15 is 0 Å². The smallest absolute Gasteiger partial charge is 0.312 e. The summed E-state index contributed by atoms with van der Waals surface area (Å²) < 4.78 is 10.9. The number of ether oxygens (including phenoxy) is 2. The van der Waals surface area contributed by atoms with Gasteiger partial charge in [-0.25, -0.2) is 0 Å². The van der Waals surface area contributed by atoms with Gasteiger partial charge < -0.3 is 14.4 Å². The van der Waals surface area contributed by atoms with Gasteiger partial charge in [-0.3, -0.25) is 9.59 Å². The van der Waals surface area contributed by atoms with Gasteiger partial charge in [0, 0.05) is 5.69 Å². The van der Waals surface area contributed by atoms with E-state index in [2.05, 4.69) is 0 Å². The van der Waals surface area contributed by atoms with Gasteiger partial charge in [0.25, 0.3) is 0 Å². The zero-order valence-corrected chi connectivity index (χ0v) is 12.5. The molecule has 0 unspecified atom stereocenters. The molecule has 22 heavy (non-hydrogen) atoms. The molecule has 4 atom stereocenters. The van der Waals surface area contributed by atoms with Gasteiger partial charge in [-0.1, -0.05) is 30.4 Å². The Bertz CT molecular complexity index is 698. The summed E-state index contributed by atoms with van der Waals surface area (Å²) in [5, 5.41) is 0. The number of nitrogens with zero attached hydrogens (tertiary/aromatic N) is 1. The Hall–Kier alpha value is -2.14. The van der Waals surface area contributed by atoms with Crippen molar-refractivity contribution in [2.24, 2.45) is 11.8 Å². The zero-order chi connectivity index (χ0) is 15.5. The van der Waals surface area contributed by atoms with Gasteiger partial charge in [-0.2, -0.15) is 0 Å². The normalized spacial score (nSPS) is 35.1. The molecule has 1 aromatic carbocycles. The van der Waals surface area contributed by atoms with Crippen LogP contribution in [0.1, 0.15) is 5.56 Å². The van der Waals surface area contributed by atoms with Gasteiger partial charge in [0.15, 0.2) is 0 Å². The Morgan fingerprint density at radius 1 is 1.41 bits per heavy atom. The second kappa shape index (κ2) is 4.43. The topological polar surface area (TPSA) is 55.8 Å². The van der Waals surface area contributed by atoms with Gasteiger partial charge in [0.2, 0.25) is 5.91 Å². The molecular formula is C17H17NO4. The number of methoxy groups -OCH3 is 1. The molecule has 0 aromatic heterocycles. The molecule has 5 heteroatoms. The summed E-state index contributed by atoms with van der Waals surface area (Å²) in [6, 6.07) is 7.75. The van der Waals surface area contributed by atoms with Gasteiger partial charge in [-0.15, -0.1) is 0 Å². The molecule has 4 rings (SSSR count). The molecule has 2 bridgehead atoms. The van der Waals surface area contributed by atoms with E-state index in [1.807, 2.05) is 43.3 Å². The minimum absolute atomic E-state index is 0.0587. The average Bonchev–Trinajstić information content (AvgIpc) is 3.15. The van der Waals surface area contributed by atoms with Crippen LogP contribution in [0.3, 0.4) is 0 Å². The van der Waals surface area contributed by atoms with Crippen LogP contribution in [0, 0.1) is 18.8 Å². The molecule has 0 saturated carbocycles. The minimum Gasteiger partial charge on any atom is -0.469 e. The maximum absolute atomic E-state index is 13.0. The Morgan fingerprint density at radius 2 is 2.18 bits per heavy atom. The lowest BCUT2D eigenvalue weighted by Crippen LogP contribution is -2.39. The van der Waals surface area contributed by atoms with Gasteiger partial charge >= 0.3 is 5.97 Å². The SMILES string of the molecule is COC(=O)[C@@H]1[C@H]2C=C[C@]3(CN(c4ccccc4C)C(=O)[C@@H]13)O2. The van der Waals surface area contributed by atoms with Crippen LogP contribution < -0.4 is 4.90 Å². The van der Waals surface area contributed by atoms with Crippen LogP contribution in [0.5, 0.6) is 0 Å². The largest absolute Gasteiger partial charge is 0.469 e. The monoisotopic (exact) mass is 299 g/mol. The molecule has 3 heterocycles. The van der Waals surface area contributed by atoms with Crippen molar-refractivity contribution in [1.82, 2.24) is 0 Å². The summed E-state index contributed by atoms with van der Waals surface area (Å²) in [5.41, 5.74) is 1.21. The second-order valence-electron chi connectivity index (χ2n) is 6.13. The summed E-state index contributed by atoms with van der Waals surface area (Å²) in [7, 11) is 1.35. The van der Waals surface area contributed by atoms with E-state index in [1.54, 1.807) is 4.90 Å². The van der Waals surface area contributed by atoms with Crippen LogP contribution >= 0.6 is 0 Å². The lowest BCUT2D eigenvalue weighted by atomic mass is 9.77. The van der Waals surface area contributed by atoms with Crippen LogP contribution in [0.15, 0.2) is 36.4 Å². The van der Waals surface area contributed by atoms with Crippen molar-refractivity contribution in [3.8, 4) is 0 Å². The van der Waals surface area contributed by atoms with Crippen molar-refractivity contribution >= 4 is 17.6 Å². The zero-order valence-electron chi connectivity index (χ0n) is 12.5. The highest BCUT2D eigenvalue weighted by Gasteiger charge is 2.67.